The molecule has 4 nitrogen and oxygen atoms in total. The van der Waals surface area contributed by atoms with Crippen LogP contribution in [0.3, 0.4) is 0 Å². The number of benzene rings is 4. The van der Waals surface area contributed by atoms with Crippen LogP contribution in [0.4, 0.5) is 0 Å². The second kappa shape index (κ2) is 9.22. The number of nitrogens with zero attached hydrogens (tertiary/aromatic N) is 3. The average Bonchev–Trinajstić information content (AvgIpc) is 3.22. The van der Waals surface area contributed by atoms with E-state index in [1.165, 1.54) is 0 Å². The van der Waals surface area contributed by atoms with E-state index in [-0.39, 0.29) is 0 Å². The highest BCUT2D eigenvalue weighted by atomic mass is 28.4. The molecule has 0 fully saturated rings. The van der Waals surface area contributed by atoms with Crippen molar-refractivity contribution in [2.75, 3.05) is 0 Å². The van der Waals surface area contributed by atoms with Gasteiger partial charge in [0.05, 0.1) is 17.8 Å². The van der Waals surface area contributed by atoms with Crippen LogP contribution in [0, 0.1) is 11.3 Å². The largest absolute Gasteiger partial charge is 0.438 e. The Morgan fingerprint density at radius 2 is 1.32 bits per heavy atom. The van der Waals surface area contributed by atoms with E-state index in [1.807, 2.05) is 90.6 Å². The van der Waals surface area contributed by atoms with Crippen molar-refractivity contribution in [1.29, 1.82) is 5.26 Å². The summed E-state index contributed by atoms with van der Waals surface area (Å²) in [6, 6.07) is 39.0. The van der Waals surface area contributed by atoms with Crippen LogP contribution in [0.1, 0.15) is 11.1 Å². The monoisotopic (exact) mass is 457 g/mol. The molecule has 34 heavy (non-hydrogen) atoms. The third-order valence-electron chi connectivity index (χ3n) is 6.07. The lowest BCUT2D eigenvalue weighted by Crippen LogP contribution is -2.68. The first kappa shape index (κ1) is 21.4. The van der Waals surface area contributed by atoms with Gasteiger partial charge >= 0.3 is 8.32 Å². The number of nitriles is 1. The molecule has 0 bridgehead atoms. The molecule has 0 radical (unpaired) electrons. The lowest BCUT2D eigenvalue weighted by molar-refractivity contribution is 0.351. The Labute approximate surface area is 200 Å². The zero-order valence-corrected chi connectivity index (χ0v) is 19.8. The third kappa shape index (κ3) is 3.81. The van der Waals surface area contributed by atoms with E-state index in [2.05, 4.69) is 47.6 Å². The van der Waals surface area contributed by atoms with Crippen molar-refractivity contribution >= 4 is 41.0 Å². The van der Waals surface area contributed by atoms with Crippen molar-refractivity contribution in [1.82, 2.24) is 4.57 Å². The summed E-state index contributed by atoms with van der Waals surface area (Å²) in [5, 5.41) is 18.3. The number of aryl methyl sites for hydroxylation is 1. The molecular formula is C29H23N3OSi. The second-order valence-corrected chi connectivity index (χ2v) is 11.4. The maximum absolute atomic E-state index is 9.35. The van der Waals surface area contributed by atoms with E-state index in [0.29, 0.717) is 5.56 Å². The topological polar surface area (TPSA) is 50.3 Å². The van der Waals surface area contributed by atoms with Crippen molar-refractivity contribution in [2.45, 2.75) is 0 Å². The van der Waals surface area contributed by atoms with Gasteiger partial charge in [-0.15, -0.1) is 5.16 Å². The van der Waals surface area contributed by atoms with Gasteiger partial charge in [0, 0.05) is 29.7 Å². The molecule has 0 amide bonds. The standard InChI is InChI=1S/C29H23N3OSi/c1-32-22-24(28-19-23(20-30)17-18-29(28)32)21-31-33-34(25-11-5-2-6-12-25,26-13-7-3-8-14-26)27-15-9-4-10-16-27/h2-19,21-22H,1H3/b31-21+. The van der Waals surface area contributed by atoms with Gasteiger partial charge in [-0.2, -0.15) is 5.26 Å². The van der Waals surface area contributed by atoms with Crippen LogP contribution in [0.15, 0.2) is 121 Å². The minimum atomic E-state index is -2.91. The van der Waals surface area contributed by atoms with Gasteiger partial charge in [-0.1, -0.05) is 91.0 Å². The molecule has 0 saturated carbocycles. The van der Waals surface area contributed by atoms with Gasteiger partial charge in [-0.25, -0.2) is 0 Å². The number of oxime groups is 1. The predicted molar refractivity (Wildman–Crippen MR) is 140 cm³/mol. The van der Waals surface area contributed by atoms with Crippen LogP contribution < -0.4 is 15.6 Å². The van der Waals surface area contributed by atoms with Crippen molar-refractivity contribution in [2.24, 2.45) is 12.2 Å². The quantitative estimate of drug-likeness (QED) is 0.167. The molecule has 0 aliphatic rings. The summed E-state index contributed by atoms with van der Waals surface area (Å²) in [6.07, 6.45) is 3.77. The summed E-state index contributed by atoms with van der Waals surface area (Å²) in [7, 11) is -0.924. The van der Waals surface area contributed by atoms with Gasteiger partial charge in [0.2, 0.25) is 0 Å². The van der Waals surface area contributed by atoms with E-state index < -0.39 is 8.32 Å². The molecule has 1 aromatic heterocycles. The Balaban J connectivity index is 1.65. The SMILES string of the molecule is Cn1cc(/C=N/O[Si](c2ccccc2)(c2ccccc2)c2ccccc2)c2cc(C#N)ccc21. The van der Waals surface area contributed by atoms with Crippen LogP contribution in [-0.2, 0) is 11.6 Å². The van der Waals surface area contributed by atoms with Crippen molar-refractivity contribution < 1.29 is 4.53 Å². The van der Waals surface area contributed by atoms with Gasteiger partial charge in [0.15, 0.2) is 0 Å². The molecule has 0 saturated heterocycles. The molecule has 164 valence electrons. The fourth-order valence-electron chi connectivity index (χ4n) is 4.43. The van der Waals surface area contributed by atoms with E-state index in [9.17, 15) is 5.26 Å². The zero-order valence-electron chi connectivity index (χ0n) is 18.8. The Bertz CT molecular complexity index is 1390. The van der Waals surface area contributed by atoms with Crippen LogP contribution in [0.25, 0.3) is 10.9 Å². The van der Waals surface area contributed by atoms with Crippen molar-refractivity contribution in [3.05, 3.63) is 127 Å². The Morgan fingerprint density at radius 1 is 0.794 bits per heavy atom. The zero-order chi connectivity index (χ0) is 23.4. The van der Waals surface area contributed by atoms with Crippen LogP contribution in [0.5, 0.6) is 0 Å². The summed E-state index contributed by atoms with van der Waals surface area (Å²) < 4.78 is 8.68. The van der Waals surface area contributed by atoms with Crippen LogP contribution in [-0.4, -0.2) is 19.1 Å². The van der Waals surface area contributed by atoms with Gasteiger partial charge in [0.25, 0.3) is 0 Å². The van der Waals surface area contributed by atoms with Gasteiger partial charge in [-0.05, 0) is 33.8 Å². The lowest BCUT2D eigenvalue weighted by Gasteiger charge is -2.30. The predicted octanol–water partition coefficient (Wildman–Crippen LogP) is 4.07. The Morgan fingerprint density at radius 3 is 1.82 bits per heavy atom. The fraction of sp³-hybridized carbons (Fsp3) is 0.0345. The number of fused-ring (bicyclic) bond motifs is 1. The first-order valence-corrected chi connectivity index (χ1v) is 13.0. The normalized spacial score (nSPS) is 11.5. The molecule has 0 spiro atoms. The maximum atomic E-state index is 9.35. The first-order valence-electron chi connectivity index (χ1n) is 11.1. The molecule has 0 unspecified atom stereocenters. The maximum Gasteiger partial charge on any atom is 0.380 e. The first-order chi connectivity index (χ1) is 16.7. The number of aromatic nitrogens is 1. The molecule has 5 heteroatoms. The molecule has 4 aromatic carbocycles. The summed E-state index contributed by atoms with van der Waals surface area (Å²) in [6.45, 7) is 0. The lowest BCUT2D eigenvalue weighted by atomic mass is 10.1. The summed E-state index contributed by atoms with van der Waals surface area (Å²) in [5.74, 6) is 0. The molecule has 5 aromatic rings. The molecule has 0 N–H and O–H groups in total. The molecule has 0 aliphatic heterocycles. The minimum absolute atomic E-state index is 0.621. The van der Waals surface area contributed by atoms with Crippen LogP contribution in [0.2, 0.25) is 0 Å². The summed E-state index contributed by atoms with van der Waals surface area (Å²) in [4.78, 5) is 0. The average molecular weight is 458 g/mol. The molecule has 1 heterocycles. The number of hydrogen-bond donors (Lipinski definition) is 0. The third-order valence-corrected chi connectivity index (χ3v) is 9.89. The highest BCUT2D eigenvalue weighted by Gasteiger charge is 2.44. The smallest absolute Gasteiger partial charge is 0.380 e. The minimum Gasteiger partial charge on any atom is -0.438 e. The number of hydrogen-bond acceptors (Lipinski definition) is 3. The van der Waals surface area contributed by atoms with E-state index in [1.54, 1.807) is 6.21 Å². The molecule has 0 aliphatic carbocycles. The highest BCUT2D eigenvalue weighted by molar-refractivity contribution is 7.07. The van der Waals surface area contributed by atoms with E-state index >= 15 is 0 Å². The molecule has 5 rings (SSSR count). The van der Waals surface area contributed by atoms with Gasteiger partial charge in [-0.3, -0.25) is 0 Å². The van der Waals surface area contributed by atoms with E-state index in [4.69, 9.17) is 4.53 Å². The molecule has 0 atom stereocenters. The second-order valence-electron chi connectivity index (χ2n) is 8.14. The Kier molecular flexibility index (Phi) is 5.82. The Hall–Kier alpha value is -4.40. The van der Waals surface area contributed by atoms with Crippen molar-refractivity contribution in [3.63, 3.8) is 0 Å². The van der Waals surface area contributed by atoms with E-state index in [0.717, 1.165) is 32.0 Å². The van der Waals surface area contributed by atoms with Gasteiger partial charge in [0.1, 0.15) is 0 Å². The number of rotatable bonds is 6. The summed E-state index contributed by atoms with van der Waals surface area (Å²) in [5.41, 5.74) is 2.57. The van der Waals surface area contributed by atoms with Gasteiger partial charge < -0.3 is 9.09 Å². The highest BCUT2D eigenvalue weighted by Crippen LogP contribution is 2.21. The fourth-order valence-corrected chi connectivity index (χ4v) is 7.95. The molecular weight excluding hydrogens is 434 g/mol. The summed E-state index contributed by atoms with van der Waals surface area (Å²) >= 11 is 0. The van der Waals surface area contributed by atoms with Crippen LogP contribution >= 0.6 is 0 Å². The van der Waals surface area contributed by atoms with Crippen molar-refractivity contribution in [3.8, 4) is 6.07 Å².